The smallest absolute Gasteiger partial charge is 0.241 e. The van der Waals surface area contributed by atoms with Gasteiger partial charge in [0.2, 0.25) is 10.0 Å². The fourth-order valence-corrected chi connectivity index (χ4v) is 5.05. The van der Waals surface area contributed by atoms with E-state index in [0.29, 0.717) is 10.2 Å². The zero-order valence-electron chi connectivity index (χ0n) is 14.0. The highest BCUT2D eigenvalue weighted by atomic mass is 79.9. The molecule has 0 aromatic heterocycles. The van der Waals surface area contributed by atoms with Crippen molar-refractivity contribution in [2.75, 3.05) is 25.1 Å². The third-order valence-corrected chi connectivity index (χ3v) is 6.70. The first-order chi connectivity index (χ1) is 12.0. The summed E-state index contributed by atoms with van der Waals surface area (Å²) in [7, 11) is -2.05. The lowest BCUT2D eigenvalue weighted by atomic mass is 10.2. The van der Waals surface area contributed by atoms with Crippen LogP contribution in [0.25, 0.3) is 0 Å². The highest BCUT2D eigenvalue weighted by Crippen LogP contribution is 2.29. The molecule has 1 saturated heterocycles. The first kappa shape index (κ1) is 18.2. The van der Waals surface area contributed by atoms with E-state index >= 15 is 0 Å². The van der Waals surface area contributed by atoms with Gasteiger partial charge in [-0.1, -0.05) is 18.2 Å². The number of methoxy groups -OCH3 is 1. The summed E-state index contributed by atoms with van der Waals surface area (Å²) in [5, 5.41) is 0. The molecule has 1 heterocycles. The molecule has 1 fully saturated rings. The van der Waals surface area contributed by atoms with Gasteiger partial charge >= 0.3 is 0 Å². The molecule has 2 aromatic carbocycles. The SMILES string of the molecule is COc1ccccc1CNS(=O)(=O)c1ccc(N2CCCC2)cc1Br. The van der Waals surface area contributed by atoms with Crippen molar-refractivity contribution in [3.05, 3.63) is 52.5 Å². The van der Waals surface area contributed by atoms with Crippen LogP contribution in [-0.2, 0) is 16.6 Å². The molecular weight excluding hydrogens is 404 g/mol. The van der Waals surface area contributed by atoms with Gasteiger partial charge in [-0.3, -0.25) is 0 Å². The van der Waals surface area contributed by atoms with Crippen LogP contribution in [0.2, 0.25) is 0 Å². The number of halogens is 1. The van der Waals surface area contributed by atoms with E-state index < -0.39 is 10.0 Å². The van der Waals surface area contributed by atoms with Crippen molar-refractivity contribution in [3.8, 4) is 5.75 Å². The standard InChI is InChI=1S/C18H21BrN2O3S/c1-24-17-7-3-2-6-14(17)13-20-25(22,23)18-9-8-15(12-16(18)19)21-10-4-5-11-21/h2-3,6-9,12,20H,4-5,10-11,13H2,1H3. The maximum Gasteiger partial charge on any atom is 0.241 e. The van der Waals surface area contributed by atoms with Gasteiger partial charge in [0.25, 0.3) is 0 Å². The average Bonchev–Trinajstić information content (AvgIpc) is 3.14. The molecule has 1 aliphatic heterocycles. The normalized spacial score (nSPS) is 14.7. The Hall–Kier alpha value is -1.57. The van der Waals surface area contributed by atoms with Gasteiger partial charge in [0, 0.05) is 35.4 Å². The molecule has 0 aliphatic carbocycles. The van der Waals surface area contributed by atoms with E-state index in [9.17, 15) is 8.42 Å². The van der Waals surface area contributed by atoms with Gasteiger partial charge in [-0.25, -0.2) is 13.1 Å². The molecule has 0 saturated carbocycles. The maximum atomic E-state index is 12.7. The second kappa shape index (κ2) is 7.76. The number of nitrogens with zero attached hydrogens (tertiary/aromatic N) is 1. The lowest BCUT2D eigenvalue weighted by Gasteiger charge is -2.19. The highest BCUT2D eigenvalue weighted by molar-refractivity contribution is 9.10. The monoisotopic (exact) mass is 424 g/mol. The van der Waals surface area contributed by atoms with E-state index in [0.717, 1.165) is 24.3 Å². The van der Waals surface area contributed by atoms with Crippen LogP contribution in [0.4, 0.5) is 5.69 Å². The van der Waals surface area contributed by atoms with Crippen LogP contribution < -0.4 is 14.4 Å². The number of anilines is 1. The second-order valence-corrected chi connectivity index (χ2v) is 8.53. The number of nitrogens with one attached hydrogen (secondary N) is 1. The van der Waals surface area contributed by atoms with E-state index in [1.165, 1.54) is 12.8 Å². The molecule has 0 amide bonds. The van der Waals surface area contributed by atoms with Crippen molar-refractivity contribution >= 4 is 31.6 Å². The molecule has 2 aromatic rings. The first-order valence-electron chi connectivity index (χ1n) is 8.17. The van der Waals surface area contributed by atoms with Gasteiger partial charge in [-0.15, -0.1) is 0 Å². The molecule has 1 N–H and O–H groups in total. The Bertz CT molecular complexity index is 849. The third kappa shape index (κ3) is 4.16. The van der Waals surface area contributed by atoms with Gasteiger partial charge in [0.05, 0.1) is 12.0 Å². The van der Waals surface area contributed by atoms with Crippen molar-refractivity contribution in [1.29, 1.82) is 0 Å². The third-order valence-electron chi connectivity index (χ3n) is 4.32. The molecule has 0 atom stereocenters. The lowest BCUT2D eigenvalue weighted by molar-refractivity contribution is 0.409. The van der Waals surface area contributed by atoms with Crippen LogP contribution in [0.1, 0.15) is 18.4 Å². The fraction of sp³-hybridized carbons (Fsp3) is 0.333. The Morgan fingerprint density at radius 3 is 2.56 bits per heavy atom. The first-order valence-corrected chi connectivity index (χ1v) is 10.4. The Kier molecular flexibility index (Phi) is 5.66. The van der Waals surface area contributed by atoms with E-state index in [1.807, 2.05) is 36.4 Å². The lowest BCUT2D eigenvalue weighted by Crippen LogP contribution is -2.24. The van der Waals surface area contributed by atoms with Crippen LogP contribution in [-0.4, -0.2) is 28.6 Å². The summed E-state index contributed by atoms with van der Waals surface area (Å²) in [6.45, 7) is 2.21. The second-order valence-electron chi connectivity index (χ2n) is 5.95. The minimum atomic E-state index is -3.63. The summed E-state index contributed by atoms with van der Waals surface area (Å²) in [5.74, 6) is 0.661. The molecule has 7 heteroatoms. The minimum absolute atomic E-state index is 0.173. The molecule has 25 heavy (non-hydrogen) atoms. The predicted molar refractivity (Wildman–Crippen MR) is 103 cm³/mol. The van der Waals surface area contributed by atoms with E-state index in [-0.39, 0.29) is 11.4 Å². The minimum Gasteiger partial charge on any atom is -0.496 e. The van der Waals surface area contributed by atoms with Gasteiger partial charge in [0.15, 0.2) is 0 Å². The summed E-state index contributed by atoms with van der Waals surface area (Å²) in [6.07, 6.45) is 2.36. The summed E-state index contributed by atoms with van der Waals surface area (Å²) in [4.78, 5) is 2.51. The van der Waals surface area contributed by atoms with Crippen LogP contribution in [0.15, 0.2) is 51.8 Å². The van der Waals surface area contributed by atoms with E-state index in [2.05, 4.69) is 25.6 Å². The fourth-order valence-electron chi connectivity index (χ4n) is 2.98. The molecule has 1 aliphatic rings. The zero-order chi connectivity index (χ0) is 17.9. The van der Waals surface area contributed by atoms with Crippen molar-refractivity contribution in [1.82, 2.24) is 4.72 Å². The van der Waals surface area contributed by atoms with Gasteiger partial charge in [-0.2, -0.15) is 0 Å². The van der Waals surface area contributed by atoms with Crippen molar-refractivity contribution in [3.63, 3.8) is 0 Å². The molecule has 5 nitrogen and oxygen atoms in total. The number of sulfonamides is 1. The van der Waals surface area contributed by atoms with Gasteiger partial charge < -0.3 is 9.64 Å². The molecule has 3 rings (SSSR count). The number of rotatable bonds is 6. The molecular formula is C18H21BrN2O3S. The molecule has 134 valence electrons. The number of hydrogen-bond donors (Lipinski definition) is 1. The molecule has 0 unspecified atom stereocenters. The topological polar surface area (TPSA) is 58.6 Å². The average molecular weight is 425 g/mol. The van der Waals surface area contributed by atoms with Gasteiger partial charge in [0.1, 0.15) is 5.75 Å². The number of para-hydroxylation sites is 1. The Morgan fingerprint density at radius 1 is 1.16 bits per heavy atom. The number of hydrogen-bond acceptors (Lipinski definition) is 4. The zero-order valence-corrected chi connectivity index (χ0v) is 16.4. The van der Waals surface area contributed by atoms with Crippen molar-refractivity contribution in [2.45, 2.75) is 24.3 Å². The van der Waals surface area contributed by atoms with Crippen LogP contribution in [0.5, 0.6) is 5.75 Å². The summed E-state index contributed by atoms with van der Waals surface area (Å²) < 4.78 is 33.8. The van der Waals surface area contributed by atoms with Crippen LogP contribution in [0.3, 0.4) is 0 Å². The number of benzene rings is 2. The summed E-state index contributed by atoms with van der Waals surface area (Å²) in [6, 6.07) is 12.8. The maximum absolute atomic E-state index is 12.7. The quantitative estimate of drug-likeness (QED) is 0.770. The highest BCUT2D eigenvalue weighted by Gasteiger charge is 2.20. The van der Waals surface area contributed by atoms with Crippen LogP contribution in [0, 0.1) is 0 Å². The van der Waals surface area contributed by atoms with E-state index in [4.69, 9.17) is 4.74 Å². The van der Waals surface area contributed by atoms with Crippen molar-refractivity contribution in [2.24, 2.45) is 0 Å². The van der Waals surface area contributed by atoms with Gasteiger partial charge in [-0.05, 0) is 53.0 Å². The van der Waals surface area contributed by atoms with Crippen LogP contribution >= 0.6 is 15.9 Å². The Balaban J connectivity index is 1.77. The Morgan fingerprint density at radius 2 is 1.88 bits per heavy atom. The van der Waals surface area contributed by atoms with Crippen molar-refractivity contribution < 1.29 is 13.2 Å². The molecule has 0 radical (unpaired) electrons. The molecule has 0 spiro atoms. The number of ether oxygens (including phenoxy) is 1. The summed E-state index contributed by atoms with van der Waals surface area (Å²) in [5.41, 5.74) is 1.84. The Labute approximate surface area is 157 Å². The van der Waals surface area contributed by atoms with E-state index in [1.54, 1.807) is 13.2 Å². The largest absolute Gasteiger partial charge is 0.496 e. The predicted octanol–water partition coefficient (Wildman–Crippen LogP) is 3.54. The molecule has 0 bridgehead atoms. The summed E-state index contributed by atoms with van der Waals surface area (Å²) >= 11 is 3.41.